The summed E-state index contributed by atoms with van der Waals surface area (Å²) in [5, 5.41) is 3.29. The van der Waals surface area contributed by atoms with Crippen molar-refractivity contribution in [1.82, 2.24) is 10.0 Å². The average Bonchev–Trinajstić information content (AvgIpc) is 2.74. The Bertz CT molecular complexity index is 570. The Morgan fingerprint density at radius 2 is 2.29 bits per heavy atom. The molecule has 2 atom stereocenters. The lowest BCUT2D eigenvalue weighted by Gasteiger charge is -2.25. The average molecular weight is 316 g/mol. The number of allylic oxidation sites excluding steroid dienone is 1. The van der Waals surface area contributed by atoms with Gasteiger partial charge < -0.3 is 15.8 Å². The van der Waals surface area contributed by atoms with Gasteiger partial charge in [0.2, 0.25) is 0 Å². The minimum absolute atomic E-state index is 0.108. The molecule has 9 heteroatoms. The van der Waals surface area contributed by atoms with Gasteiger partial charge in [0, 0.05) is 12.3 Å². The summed E-state index contributed by atoms with van der Waals surface area (Å²) in [5.74, 6) is 0.298. The van der Waals surface area contributed by atoms with Crippen LogP contribution < -0.4 is 15.8 Å². The molecule has 2 aliphatic heterocycles. The molecule has 2 amide bonds. The third-order valence-electron chi connectivity index (χ3n) is 3.40. The second-order valence-electron chi connectivity index (χ2n) is 4.99. The Balaban J connectivity index is 2.22. The lowest BCUT2D eigenvalue weighted by Crippen LogP contribution is -2.38. The van der Waals surface area contributed by atoms with Gasteiger partial charge in [0.15, 0.2) is 0 Å². The van der Waals surface area contributed by atoms with Crippen LogP contribution in [0, 0.1) is 0 Å². The lowest BCUT2D eigenvalue weighted by molar-refractivity contribution is 0.147. The van der Waals surface area contributed by atoms with Crippen molar-refractivity contribution in [3.63, 3.8) is 0 Å². The second kappa shape index (κ2) is 6.44. The molecule has 2 aliphatic rings. The summed E-state index contributed by atoms with van der Waals surface area (Å²) in [5.41, 5.74) is 4.88. The van der Waals surface area contributed by atoms with Crippen LogP contribution in [0.1, 0.15) is 26.2 Å². The van der Waals surface area contributed by atoms with E-state index in [9.17, 15) is 13.2 Å². The number of nitrogens with one attached hydrogen (secondary N) is 2. The molecule has 0 radical (unpaired) electrons. The number of nitrogens with zero attached hydrogens (tertiary/aromatic N) is 1. The van der Waals surface area contributed by atoms with Crippen molar-refractivity contribution in [3.8, 4) is 0 Å². The summed E-state index contributed by atoms with van der Waals surface area (Å²) >= 11 is 0. The highest BCUT2D eigenvalue weighted by Gasteiger charge is 2.33. The predicted molar refractivity (Wildman–Crippen MR) is 78.2 cm³/mol. The van der Waals surface area contributed by atoms with E-state index in [1.807, 2.05) is 6.92 Å². The lowest BCUT2D eigenvalue weighted by atomic mass is 10.0. The number of hydrogen-bond acceptors (Lipinski definition) is 6. The maximum atomic E-state index is 12.0. The maximum absolute atomic E-state index is 12.0. The van der Waals surface area contributed by atoms with E-state index in [1.54, 1.807) is 4.72 Å². The van der Waals surface area contributed by atoms with Crippen molar-refractivity contribution < 1.29 is 17.9 Å². The summed E-state index contributed by atoms with van der Waals surface area (Å²) in [4.78, 5) is 14.9. The molecule has 0 aliphatic carbocycles. The van der Waals surface area contributed by atoms with E-state index >= 15 is 0 Å². The van der Waals surface area contributed by atoms with Crippen molar-refractivity contribution >= 4 is 22.3 Å². The van der Waals surface area contributed by atoms with Gasteiger partial charge in [0.1, 0.15) is 23.3 Å². The van der Waals surface area contributed by atoms with Gasteiger partial charge in [-0.3, -0.25) is 4.99 Å². The highest BCUT2D eigenvalue weighted by molar-refractivity contribution is 7.94. The van der Waals surface area contributed by atoms with E-state index in [4.69, 9.17) is 10.5 Å². The zero-order valence-electron chi connectivity index (χ0n) is 11.8. The number of nitrogens with two attached hydrogens (primary N) is 1. The smallest absolute Gasteiger partial charge is 0.326 e. The highest BCUT2D eigenvalue weighted by Crippen LogP contribution is 2.28. The number of carbonyl (C=O) groups is 1. The summed E-state index contributed by atoms with van der Waals surface area (Å²) < 4.78 is 31.5. The first-order valence-corrected chi connectivity index (χ1v) is 8.38. The molecule has 0 aromatic heterocycles. The topological polar surface area (TPSA) is 123 Å². The van der Waals surface area contributed by atoms with E-state index in [2.05, 4.69) is 10.3 Å². The third-order valence-corrected chi connectivity index (χ3v) is 4.76. The Hall–Kier alpha value is -1.61. The zero-order valence-corrected chi connectivity index (χ0v) is 12.6. The van der Waals surface area contributed by atoms with Crippen molar-refractivity contribution in [2.24, 2.45) is 10.7 Å². The standard InChI is InChI=1S/C12H20N4O4S/c1-2-14-8-4-3-5-9-11(20-7-8)10(6-15-9)21(18,19)16-12(13)17/h6,8-9,14H,2-5,7H2,1H3,(H3,13,16,17). The van der Waals surface area contributed by atoms with E-state index in [0.29, 0.717) is 18.8 Å². The van der Waals surface area contributed by atoms with Crippen molar-refractivity contribution in [1.29, 1.82) is 0 Å². The van der Waals surface area contributed by atoms with Gasteiger partial charge in [-0.05, 0) is 25.8 Å². The number of ether oxygens (including phenoxy) is 1. The molecule has 118 valence electrons. The van der Waals surface area contributed by atoms with Crippen LogP contribution in [-0.2, 0) is 14.8 Å². The summed E-state index contributed by atoms with van der Waals surface area (Å²) in [7, 11) is -4.03. The molecular weight excluding hydrogens is 296 g/mol. The van der Waals surface area contributed by atoms with Gasteiger partial charge in [0.25, 0.3) is 10.0 Å². The molecule has 0 spiro atoms. The van der Waals surface area contributed by atoms with Crippen LogP contribution in [0.4, 0.5) is 4.79 Å². The number of aliphatic imine (C=N–C) groups is 1. The molecule has 2 rings (SSSR count). The number of carbonyl (C=O) groups excluding carboxylic acids is 1. The van der Waals surface area contributed by atoms with Crippen LogP contribution >= 0.6 is 0 Å². The summed E-state index contributed by atoms with van der Waals surface area (Å²) in [6.45, 7) is 3.20. The van der Waals surface area contributed by atoms with Crippen LogP contribution in [0.25, 0.3) is 0 Å². The van der Waals surface area contributed by atoms with Crippen LogP contribution in [0.2, 0.25) is 0 Å². The molecular formula is C12H20N4O4S. The van der Waals surface area contributed by atoms with Gasteiger partial charge in [-0.15, -0.1) is 0 Å². The number of fused-ring (bicyclic) bond motifs is 1. The van der Waals surface area contributed by atoms with Crippen molar-refractivity contribution in [3.05, 3.63) is 10.7 Å². The highest BCUT2D eigenvalue weighted by atomic mass is 32.2. The maximum Gasteiger partial charge on any atom is 0.326 e. The SMILES string of the molecule is CCNC1CCCC2N=CC(S(=O)(=O)NC(N)=O)=C2OC1. The van der Waals surface area contributed by atoms with Gasteiger partial charge in [-0.2, -0.15) is 0 Å². The number of rotatable bonds is 4. The molecule has 0 aromatic rings. The van der Waals surface area contributed by atoms with Crippen molar-refractivity contribution in [2.75, 3.05) is 13.2 Å². The molecule has 0 saturated carbocycles. The largest absolute Gasteiger partial charge is 0.493 e. The monoisotopic (exact) mass is 316 g/mol. The van der Waals surface area contributed by atoms with Gasteiger partial charge >= 0.3 is 6.03 Å². The Morgan fingerprint density at radius 3 is 2.95 bits per heavy atom. The van der Waals surface area contributed by atoms with Gasteiger partial charge in [0.05, 0.1) is 0 Å². The van der Waals surface area contributed by atoms with E-state index < -0.39 is 16.1 Å². The Kier molecular flexibility index (Phi) is 4.84. The fraction of sp³-hybridized carbons (Fsp3) is 0.667. The normalized spacial score (nSPS) is 25.8. The molecule has 21 heavy (non-hydrogen) atoms. The fourth-order valence-electron chi connectivity index (χ4n) is 2.50. The van der Waals surface area contributed by atoms with Gasteiger partial charge in [-0.1, -0.05) is 6.92 Å². The molecule has 2 heterocycles. The minimum atomic E-state index is -4.03. The Morgan fingerprint density at radius 1 is 1.52 bits per heavy atom. The molecule has 0 bridgehead atoms. The molecule has 1 saturated heterocycles. The van der Waals surface area contributed by atoms with Crippen molar-refractivity contribution in [2.45, 2.75) is 38.3 Å². The minimum Gasteiger partial charge on any atom is -0.493 e. The number of urea groups is 1. The fourth-order valence-corrected chi connectivity index (χ4v) is 3.53. The molecule has 8 nitrogen and oxygen atoms in total. The molecule has 2 unspecified atom stereocenters. The summed E-state index contributed by atoms with van der Waals surface area (Å²) in [6, 6.07) is -1.25. The second-order valence-corrected chi connectivity index (χ2v) is 6.64. The molecule has 1 fully saturated rings. The van der Waals surface area contributed by atoms with Crippen LogP contribution in [0.3, 0.4) is 0 Å². The summed E-state index contributed by atoms with van der Waals surface area (Å²) in [6.07, 6.45) is 3.82. The number of amides is 2. The number of primary amides is 1. The number of likely N-dealkylation sites (N-methyl/N-ethyl adjacent to an activating group) is 1. The van der Waals surface area contributed by atoms with Crippen LogP contribution in [0.15, 0.2) is 15.7 Å². The van der Waals surface area contributed by atoms with Crippen LogP contribution in [0.5, 0.6) is 0 Å². The zero-order chi connectivity index (χ0) is 15.5. The number of hydrogen-bond donors (Lipinski definition) is 3. The van der Waals surface area contributed by atoms with Crippen LogP contribution in [-0.4, -0.2) is 45.9 Å². The molecule has 4 N–H and O–H groups in total. The van der Waals surface area contributed by atoms with E-state index in [-0.39, 0.29) is 17.0 Å². The molecule has 0 aromatic carbocycles. The number of sulfonamides is 1. The quantitative estimate of drug-likeness (QED) is 0.664. The first-order chi connectivity index (χ1) is 9.94. The van der Waals surface area contributed by atoms with E-state index in [1.165, 1.54) is 6.21 Å². The van der Waals surface area contributed by atoms with E-state index in [0.717, 1.165) is 19.4 Å². The predicted octanol–water partition coefficient (Wildman–Crippen LogP) is -0.172. The Labute approximate surface area is 123 Å². The first-order valence-electron chi connectivity index (χ1n) is 6.90. The third kappa shape index (κ3) is 3.73. The first kappa shape index (κ1) is 15.8. The van der Waals surface area contributed by atoms with Gasteiger partial charge in [-0.25, -0.2) is 17.9 Å².